The van der Waals surface area contributed by atoms with Crippen molar-refractivity contribution in [3.05, 3.63) is 41.7 Å². The van der Waals surface area contributed by atoms with Crippen LogP contribution in [-0.4, -0.2) is 23.3 Å². The van der Waals surface area contributed by atoms with Crippen molar-refractivity contribution in [3.63, 3.8) is 0 Å². The summed E-state index contributed by atoms with van der Waals surface area (Å²) in [7, 11) is -2.74. The van der Waals surface area contributed by atoms with Crippen molar-refractivity contribution in [2.75, 3.05) is 4.72 Å². The Bertz CT molecular complexity index is 743. The largest absolute Gasteiger partial charge is 0.392 e. The molecule has 0 fully saturated rings. The number of hydrogen-bond donors (Lipinski definition) is 2. The number of aliphatic hydroxyl groups excluding tert-OH is 1. The molecule has 0 aliphatic heterocycles. The van der Waals surface area contributed by atoms with Crippen LogP contribution in [0.2, 0.25) is 0 Å². The van der Waals surface area contributed by atoms with Gasteiger partial charge in [0.15, 0.2) is 11.6 Å². The number of hydrogen-bond acceptors (Lipinski definition) is 4. The Labute approximate surface area is 113 Å². The first-order valence-corrected chi connectivity index (χ1v) is 6.92. The zero-order valence-corrected chi connectivity index (χ0v) is 11.2. The highest BCUT2D eigenvalue weighted by Gasteiger charge is 2.23. The van der Waals surface area contributed by atoms with E-state index in [1.54, 1.807) is 7.05 Å². The second kappa shape index (κ2) is 5.17. The molecular formula is C11H11F2N3O3S. The second-order valence-corrected chi connectivity index (χ2v) is 5.71. The van der Waals surface area contributed by atoms with E-state index in [2.05, 4.69) is 9.82 Å². The van der Waals surface area contributed by atoms with Gasteiger partial charge in [-0.3, -0.25) is 9.40 Å². The minimum atomic E-state index is -4.32. The van der Waals surface area contributed by atoms with Crippen molar-refractivity contribution in [1.82, 2.24) is 9.78 Å². The lowest BCUT2D eigenvalue weighted by molar-refractivity contribution is 0.280. The van der Waals surface area contributed by atoms with E-state index in [1.165, 1.54) is 17.1 Å². The minimum absolute atomic E-state index is 0.0459. The molecule has 0 aliphatic carbocycles. The molecule has 2 rings (SSSR count). The maximum absolute atomic E-state index is 13.6. The number of anilines is 1. The van der Waals surface area contributed by atoms with Crippen molar-refractivity contribution in [3.8, 4) is 0 Å². The third-order valence-electron chi connectivity index (χ3n) is 2.48. The van der Waals surface area contributed by atoms with Gasteiger partial charge in [-0.05, 0) is 17.7 Å². The highest BCUT2D eigenvalue weighted by Crippen LogP contribution is 2.22. The summed E-state index contributed by atoms with van der Waals surface area (Å²) in [4.78, 5) is -0.870. The Morgan fingerprint density at radius 2 is 2.10 bits per heavy atom. The molecule has 0 saturated heterocycles. The molecule has 0 amide bonds. The third-order valence-corrected chi connectivity index (χ3v) is 3.86. The molecule has 9 heteroatoms. The van der Waals surface area contributed by atoms with Gasteiger partial charge in [0.25, 0.3) is 10.0 Å². The first-order valence-electron chi connectivity index (χ1n) is 5.43. The molecule has 0 aliphatic rings. The van der Waals surface area contributed by atoms with Crippen LogP contribution in [0.25, 0.3) is 0 Å². The number of aryl methyl sites for hydroxylation is 1. The fourth-order valence-electron chi connectivity index (χ4n) is 1.59. The van der Waals surface area contributed by atoms with Crippen LogP contribution in [0, 0.1) is 11.6 Å². The summed E-state index contributed by atoms with van der Waals surface area (Å²) in [5, 5.41) is 12.7. The molecular weight excluding hydrogens is 292 g/mol. The van der Waals surface area contributed by atoms with E-state index in [1.807, 2.05) is 0 Å². The number of benzene rings is 1. The van der Waals surface area contributed by atoms with Crippen LogP contribution in [0.3, 0.4) is 0 Å². The van der Waals surface area contributed by atoms with Gasteiger partial charge in [-0.1, -0.05) is 0 Å². The van der Waals surface area contributed by atoms with E-state index in [9.17, 15) is 17.2 Å². The third kappa shape index (κ3) is 2.78. The summed E-state index contributed by atoms with van der Waals surface area (Å²) in [5.74, 6) is -2.85. The summed E-state index contributed by atoms with van der Waals surface area (Å²) < 4.78 is 54.4. The molecule has 2 aromatic rings. The summed E-state index contributed by atoms with van der Waals surface area (Å²) >= 11 is 0. The van der Waals surface area contributed by atoms with Gasteiger partial charge >= 0.3 is 0 Å². The fourth-order valence-corrected chi connectivity index (χ4v) is 2.75. The van der Waals surface area contributed by atoms with Gasteiger partial charge < -0.3 is 5.11 Å². The lowest BCUT2D eigenvalue weighted by Gasteiger charge is -2.09. The SMILES string of the molecule is Cn1cc(NS(=O)(=O)c2cc(CO)cc(F)c2F)cn1. The maximum atomic E-state index is 13.6. The zero-order chi connectivity index (χ0) is 14.9. The molecule has 0 spiro atoms. The smallest absolute Gasteiger partial charge is 0.265 e. The van der Waals surface area contributed by atoms with Crippen LogP contribution in [0.5, 0.6) is 0 Å². The number of aliphatic hydroxyl groups is 1. The van der Waals surface area contributed by atoms with Crippen LogP contribution in [-0.2, 0) is 23.7 Å². The molecule has 6 nitrogen and oxygen atoms in total. The standard InChI is InChI=1S/C11H11F2N3O3S/c1-16-5-8(4-14-16)15-20(18,19)10-3-7(6-17)2-9(12)11(10)13/h2-5,15,17H,6H2,1H3. The molecule has 1 heterocycles. The Balaban J connectivity index is 2.46. The van der Waals surface area contributed by atoms with Gasteiger partial charge in [0.05, 0.1) is 18.5 Å². The van der Waals surface area contributed by atoms with Gasteiger partial charge in [-0.25, -0.2) is 17.2 Å². The summed E-state index contributed by atoms with van der Waals surface area (Å²) in [6.07, 6.45) is 2.59. The number of nitrogens with one attached hydrogen (secondary N) is 1. The summed E-state index contributed by atoms with van der Waals surface area (Å²) in [6, 6.07) is 1.61. The van der Waals surface area contributed by atoms with Gasteiger partial charge in [0.1, 0.15) is 4.90 Å². The van der Waals surface area contributed by atoms with Crippen LogP contribution in [0.15, 0.2) is 29.4 Å². The highest BCUT2D eigenvalue weighted by molar-refractivity contribution is 7.92. The predicted octanol–water partition coefficient (Wildman–Crippen LogP) is 0.991. The number of sulfonamides is 1. The minimum Gasteiger partial charge on any atom is -0.392 e. The van der Waals surface area contributed by atoms with E-state index >= 15 is 0 Å². The maximum Gasteiger partial charge on any atom is 0.265 e. The van der Waals surface area contributed by atoms with Crippen LogP contribution in [0.4, 0.5) is 14.5 Å². The average molecular weight is 303 g/mol. The number of nitrogens with zero attached hydrogens (tertiary/aromatic N) is 2. The molecule has 0 saturated carbocycles. The Morgan fingerprint density at radius 3 is 2.65 bits per heavy atom. The Morgan fingerprint density at radius 1 is 1.40 bits per heavy atom. The monoisotopic (exact) mass is 303 g/mol. The summed E-state index contributed by atoms with van der Waals surface area (Å²) in [5.41, 5.74) is 0.0668. The van der Waals surface area contributed by atoms with Crippen molar-refractivity contribution >= 4 is 15.7 Å². The summed E-state index contributed by atoms with van der Waals surface area (Å²) in [6.45, 7) is -0.605. The highest BCUT2D eigenvalue weighted by atomic mass is 32.2. The lowest BCUT2D eigenvalue weighted by Crippen LogP contribution is -2.15. The molecule has 20 heavy (non-hydrogen) atoms. The molecule has 1 aromatic carbocycles. The van der Waals surface area contributed by atoms with Gasteiger partial charge in [0, 0.05) is 13.2 Å². The van der Waals surface area contributed by atoms with E-state index in [0.29, 0.717) is 0 Å². The molecule has 2 N–H and O–H groups in total. The van der Waals surface area contributed by atoms with E-state index < -0.39 is 33.2 Å². The van der Waals surface area contributed by atoms with Gasteiger partial charge in [-0.15, -0.1) is 0 Å². The number of halogens is 2. The molecule has 0 atom stereocenters. The average Bonchev–Trinajstić information content (AvgIpc) is 2.76. The van der Waals surface area contributed by atoms with Crippen molar-refractivity contribution < 1.29 is 22.3 Å². The molecule has 0 unspecified atom stereocenters. The molecule has 0 bridgehead atoms. The van der Waals surface area contributed by atoms with Crippen molar-refractivity contribution in [2.24, 2.45) is 7.05 Å². The van der Waals surface area contributed by atoms with Gasteiger partial charge in [-0.2, -0.15) is 5.10 Å². The topological polar surface area (TPSA) is 84.2 Å². The quantitative estimate of drug-likeness (QED) is 0.882. The Hall–Kier alpha value is -2.00. The van der Waals surface area contributed by atoms with Crippen LogP contribution in [0.1, 0.15) is 5.56 Å². The number of aromatic nitrogens is 2. The zero-order valence-electron chi connectivity index (χ0n) is 10.3. The second-order valence-electron chi connectivity index (χ2n) is 4.06. The normalized spacial score (nSPS) is 11.6. The molecule has 0 radical (unpaired) electrons. The van der Waals surface area contributed by atoms with E-state index in [0.717, 1.165) is 12.1 Å². The van der Waals surface area contributed by atoms with Crippen LogP contribution >= 0.6 is 0 Å². The van der Waals surface area contributed by atoms with Crippen LogP contribution < -0.4 is 4.72 Å². The van der Waals surface area contributed by atoms with Crippen molar-refractivity contribution in [2.45, 2.75) is 11.5 Å². The molecule has 108 valence electrons. The van der Waals surface area contributed by atoms with Gasteiger partial charge in [0.2, 0.25) is 0 Å². The number of rotatable bonds is 4. The van der Waals surface area contributed by atoms with E-state index in [-0.39, 0.29) is 11.3 Å². The lowest BCUT2D eigenvalue weighted by atomic mass is 10.2. The van der Waals surface area contributed by atoms with E-state index in [4.69, 9.17) is 5.11 Å². The fraction of sp³-hybridized carbons (Fsp3) is 0.182. The molecule has 1 aromatic heterocycles. The predicted molar refractivity (Wildman–Crippen MR) is 66.3 cm³/mol. The Kier molecular flexibility index (Phi) is 3.73. The first-order chi connectivity index (χ1) is 9.33. The first kappa shape index (κ1) is 14.4. The van der Waals surface area contributed by atoms with Crippen molar-refractivity contribution in [1.29, 1.82) is 0 Å².